The molecule has 0 aliphatic carbocycles. The molecular formula is C16H26N2O2. The largest absolute Gasteiger partial charge is 0.486 e. The van der Waals surface area contributed by atoms with Crippen LogP contribution >= 0.6 is 0 Å². The van der Waals surface area contributed by atoms with Gasteiger partial charge in [0.05, 0.1) is 0 Å². The lowest BCUT2D eigenvalue weighted by Gasteiger charge is -2.43. The van der Waals surface area contributed by atoms with E-state index in [9.17, 15) is 0 Å². The van der Waals surface area contributed by atoms with Crippen LogP contribution in [0.15, 0.2) is 18.2 Å². The first-order valence-corrected chi connectivity index (χ1v) is 7.37. The summed E-state index contributed by atoms with van der Waals surface area (Å²) >= 11 is 0. The number of nitrogens with zero attached hydrogens (tertiary/aromatic N) is 1. The van der Waals surface area contributed by atoms with Gasteiger partial charge >= 0.3 is 0 Å². The molecule has 1 atom stereocenters. The van der Waals surface area contributed by atoms with E-state index in [1.807, 2.05) is 12.1 Å². The molecule has 2 rings (SSSR count). The standard InChI is InChI=1S/C16H26N2O2/c1-5-16(6-2,18(3)4)15(17)12-7-8-13-14(11-12)20-10-9-19-13/h7-8,11,15H,5-6,9-10,17H2,1-4H3. The van der Waals surface area contributed by atoms with E-state index in [0.717, 1.165) is 29.9 Å². The SMILES string of the molecule is CCC(CC)(C(N)c1ccc2c(c1)OCCO2)N(C)C. The molecule has 0 aromatic heterocycles. The zero-order valence-corrected chi connectivity index (χ0v) is 13.0. The second kappa shape index (κ2) is 6.02. The molecule has 112 valence electrons. The second-order valence-corrected chi connectivity index (χ2v) is 5.59. The Balaban J connectivity index is 2.34. The minimum Gasteiger partial charge on any atom is -0.486 e. The van der Waals surface area contributed by atoms with Crippen LogP contribution in [0.4, 0.5) is 0 Å². The van der Waals surface area contributed by atoms with Gasteiger partial charge in [-0.25, -0.2) is 0 Å². The smallest absolute Gasteiger partial charge is 0.161 e. The topological polar surface area (TPSA) is 47.7 Å². The van der Waals surface area contributed by atoms with Crippen molar-refractivity contribution >= 4 is 0 Å². The van der Waals surface area contributed by atoms with Crippen LogP contribution in [0.25, 0.3) is 0 Å². The van der Waals surface area contributed by atoms with Crippen molar-refractivity contribution in [2.45, 2.75) is 38.3 Å². The highest BCUT2D eigenvalue weighted by molar-refractivity contribution is 5.45. The highest BCUT2D eigenvalue weighted by atomic mass is 16.6. The highest BCUT2D eigenvalue weighted by Gasteiger charge is 2.36. The summed E-state index contributed by atoms with van der Waals surface area (Å²) < 4.78 is 11.2. The Morgan fingerprint density at radius 2 is 1.75 bits per heavy atom. The van der Waals surface area contributed by atoms with Gasteiger partial charge in [-0.05, 0) is 44.6 Å². The Morgan fingerprint density at radius 3 is 2.30 bits per heavy atom. The normalized spacial score (nSPS) is 16.3. The zero-order chi connectivity index (χ0) is 14.8. The Labute approximate surface area is 121 Å². The molecule has 1 heterocycles. The molecule has 1 aliphatic heterocycles. The molecule has 4 nitrogen and oxygen atoms in total. The minimum atomic E-state index is -0.0525. The van der Waals surface area contributed by atoms with Gasteiger partial charge in [0.25, 0.3) is 0 Å². The van der Waals surface area contributed by atoms with Crippen LogP contribution < -0.4 is 15.2 Å². The molecule has 4 heteroatoms. The Hall–Kier alpha value is -1.26. The summed E-state index contributed by atoms with van der Waals surface area (Å²) in [7, 11) is 4.20. The van der Waals surface area contributed by atoms with Crippen molar-refractivity contribution in [1.82, 2.24) is 4.90 Å². The van der Waals surface area contributed by atoms with E-state index in [4.69, 9.17) is 15.2 Å². The lowest BCUT2D eigenvalue weighted by Crippen LogP contribution is -2.51. The van der Waals surface area contributed by atoms with Crippen molar-refractivity contribution < 1.29 is 9.47 Å². The van der Waals surface area contributed by atoms with Crippen LogP contribution in [0.2, 0.25) is 0 Å². The van der Waals surface area contributed by atoms with Crippen LogP contribution in [-0.4, -0.2) is 37.7 Å². The number of likely N-dealkylation sites (N-methyl/N-ethyl adjacent to an activating group) is 1. The molecule has 0 fully saturated rings. The van der Waals surface area contributed by atoms with Crippen LogP contribution in [0.5, 0.6) is 11.5 Å². The fourth-order valence-corrected chi connectivity index (χ4v) is 3.16. The summed E-state index contributed by atoms with van der Waals surface area (Å²) in [5.41, 5.74) is 7.66. The van der Waals surface area contributed by atoms with Gasteiger partial charge in [0.15, 0.2) is 11.5 Å². The quantitative estimate of drug-likeness (QED) is 0.899. The van der Waals surface area contributed by atoms with Gasteiger partial charge in [-0.3, -0.25) is 0 Å². The lowest BCUT2D eigenvalue weighted by molar-refractivity contribution is 0.105. The summed E-state index contributed by atoms with van der Waals surface area (Å²) in [4.78, 5) is 2.24. The van der Waals surface area contributed by atoms with Gasteiger partial charge in [0.1, 0.15) is 13.2 Å². The van der Waals surface area contributed by atoms with Gasteiger partial charge in [0, 0.05) is 11.6 Å². The number of nitrogens with two attached hydrogens (primary N) is 1. The number of benzene rings is 1. The fourth-order valence-electron chi connectivity index (χ4n) is 3.16. The van der Waals surface area contributed by atoms with E-state index in [1.54, 1.807) is 0 Å². The second-order valence-electron chi connectivity index (χ2n) is 5.59. The average molecular weight is 278 g/mol. The molecule has 0 bridgehead atoms. The van der Waals surface area contributed by atoms with Gasteiger partial charge < -0.3 is 20.1 Å². The molecule has 2 N–H and O–H groups in total. The maximum atomic E-state index is 6.59. The van der Waals surface area contributed by atoms with Gasteiger partial charge in [-0.2, -0.15) is 0 Å². The summed E-state index contributed by atoms with van der Waals surface area (Å²) in [5.74, 6) is 1.62. The highest BCUT2D eigenvalue weighted by Crippen LogP contribution is 2.38. The molecule has 1 aliphatic rings. The van der Waals surface area contributed by atoms with Crippen molar-refractivity contribution in [2.24, 2.45) is 5.73 Å². The van der Waals surface area contributed by atoms with Crippen molar-refractivity contribution in [3.05, 3.63) is 23.8 Å². The molecule has 1 aromatic carbocycles. The Bertz CT molecular complexity index is 456. The predicted molar refractivity (Wildman–Crippen MR) is 81.4 cm³/mol. The first kappa shape index (κ1) is 15.1. The maximum absolute atomic E-state index is 6.59. The summed E-state index contributed by atoms with van der Waals surface area (Å²) in [5, 5.41) is 0. The van der Waals surface area contributed by atoms with E-state index < -0.39 is 0 Å². The summed E-state index contributed by atoms with van der Waals surface area (Å²) in [6.07, 6.45) is 2.01. The van der Waals surface area contributed by atoms with Crippen LogP contribution in [0.1, 0.15) is 38.3 Å². The number of ether oxygens (including phenoxy) is 2. The predicted octanol–water partition coefficient (Wildman–Crippen LogP) is 2.58. The van der Waals surface area contributed by atoms with Crippen LogP contribution in [0.3, 0.4) is 0 Å². The van der Waals surface area contributed by atoms with E-state index >= 15 is 0 Å². The molecular weight excluding hydrogens is 252 g/mol. The van der Waals surface area contributed by atoms with Crippen LogP contribution in [-0.2, 0) is 0 Å². The first-order valence-electron chi connectivity index (χ1n) is 7.37. The Morgan fingerprint density at radius 1 is 1.15 bits per heavy atom. The monoisotopic (exact) mass is 278 g/mol. The van der Waals surface area contributed by atoms with E-state index in [0.29, 0.717) is 13.2 Å². The molecule has 20 heavy (non-hydrogen) atoms. The molecule has 0 radical (unpaired) electrons. The van der Waals surface area contributed by atoms with Crippen LogP contribution in [0, 0.1) is 0 Å². The third kappa shape index (κ3) is 2.50. The molecule has 1 aromatic rings. The average Bonchev–Trinajstić information content (AvgIpc) is 2.48. The van der Waals surface area contributed by atoms with Crippen molar-refractivity contribution in [3.63, 3.8) is 0 Å². The van der Waals surface area contributed by atoms with Crippen molar-refractivity contribution in [1.29, 1.82) is 0 Å². The number of hydrogen-bond acceptors (Lipinski definition) is 4. The summed E-state index contributed by atoms with van der Waals surface area (Å²) in [6.45, 7) is 5.61. The maximum Gasteiger partial charge on any atom is 0.161 e. The number of fused-ring (bicyclic) bond motifs is 1. The Kier molecular flexibility index (Phi) is 4.55. The molecule has 1 unspecified atom stereocenters. The van der Waals surface area contributed by atoms with Crippen molar-refractivity contribution in [3.8, 4) is 11.5 Å². The fraction of sp³-hybridized carbons (Fsp3) is 0.625. The number of rotatable bonds is 5. The van der Waals surface area contributed by atoms with E-state index in [-0.39, 0.29) is 11.6 Å². The molecule has 0 saturated carbocycles. The minimum absolute atomic E-state index is 0.0379. The van der Waals surface area contributed by atoms with Gasteiger partial charge in [-0.15, -0.1) is 0 Å². The molecule has 0 saturated heterocycles. The molecule has 0 spiro atoms. The third-order valence-corrected chi connectivity index (χ3v) is 4.62. The van der Waals surface area contributed by atoms with Gasteiger partial charge in [-0.1, -0.05) is 19.9 Å². The molecule has 0 amide bonds. The van der Waals surface area contributed by atoms with Crippen molar-refractivity contribution in [2.75, 3.05) is 27.3 Å². The lowest BCUT2D eigenvalue weighted by atomic mass is 9.80. The van der Waals surface area contributed by atoms with Gasteiger partial charge in [0.2, 0.25) is 0 Å². The first-order chi connectivity index (χ1) is 9.55. The third-order valence-electron chi connectivity index (χ3n) is 4.62. The zero-order valence-electron chi connectivity index (χ0n) is 13.0. The number of hydrogen-bond donors (Lipinski definition) is 1. The van der Waals surface area contributed by atoms with E-state index in [1.165, 1.54) is 0 Å². The summed E-state index contributed by atoms with van der Waals surface area (Å²) in [6, 6.07) is 6.00. The van der Waals surface area contributed by atoms with E-state index in [2.05, 4.69) is 38.9 Å².